The van der Waals surface area contributed by atoms with E-state index < -0.39 is 0 Å². The maximum atomic E-state index is 6.25. The Morgan fingerprint density at radius 1 is 1.32 bits per heavy atom. The van der Waals surface area contributed by atoms with Crippen LogP contribution in [-0.4, -0.2) is 12.1 Å². The van der Waals surface area contributed by atoms with Gasteiger partial charge in [0.1, 0.15) is 5.75 Å². The van der Waals surface area contributed by atoms with Gasteiger partial charge >= 0.3 is 0 Å². The summed E-state index contributed by atoms with van der Waals surface area (Å²) in [6.45, 7) is 4.26. The highest BCUT2D eigenvalue weighted by Gasteiger charge is 2.12. The molecule has 1 unspecified atom stereocenters. The zero-order chi connectivity index (χ0) is 13.8. The van der Waals surface area contributed by atoms with Crippen LogP contribution in [0.5, 0.6) is 5.75 Å². The fourth-order valence-corrected chi connectivity index (χ4v) is 3.14. The standard InChI is InChI=1S/C15H20N2OS/c1-4-14-10(2)19-15(17-14)9-13(16)11-5-7-12(18-3)8-6-11/h5-8,13H,4,9,16H2,1-3H3. The first-order valence-electron chi connectivity index (χ1n) is 6.48. The number of ether oxygens (including phenoxy) is 1. The van der Waals surface area contributed by atoms with Gasteiger partial charge in [0, 0.05) is 17.3 Å². The molecule has 2 aromatic rings. The van der Waals surface area contributed by atoms with Crippen LogP contribution >= 0.6 is 11.3 Å². The molecule has 0 saturated carbocycles. The molecule has 0 aliphatic carbocycles. The van der Waals surface area contributed by atoms with Crippen LogP contribution in [0.1, 0.15) is 34.1 Å². The highest BCUT2D eigenvalue weighted by atomic mass is 32.1. The van der Waals surface area contributed by atoms with Crippen LogP contribution in [0.25, 0.3) is 0 Å². The molecule has 2 N–H and O–H groups in total. The van der Waals surface area contributed by atoms with Crippen LogP contribution in [0.3, 0.4) is 0 Å². The molecule has 1 aromatic carbocycles. The third-order valence-electron chi connectivity index (χ3n) is 3.21. The molecule has 1 heterocycles. The Kier molecular flexibility index (Phi) is 4.56. The minimum absolute atomic E-state index is 0.0128. The zero-order valence-electron chi connectivity index (χ0n) is 11.6. The van der Waals surface area contributed by atoms with Gasteiger partial charge in [0.2, 0.25) is 0 Å². The molecule has 19 heavy (non-hydrogen) atoms. The highest BCUT2D eigenvalue weighted by Crippen LogP contribution is 2.24. The molecule has 1 atom stereocenters. The van der Waals surface area contributed by atoms with Gasteiger partial charge in [-0.3, -0.25) is 0 Å². The average molecular weight is 276 g/mol. The summed E-state index contributed by atoms with van der Waals surface area (Å²) in [7, 11) is 1.67. The summed E-state index contributed by atoms with van der Waals surface area (Å²) in [5, 5.41) is 1.12. The van der Waals surface area contributed by atoms with Crippen molar-refractivity contribution in [3.05, 3.63) is 45.4 Å². The molecule has 102 valence electrons. The quantitative estimate of drug-likeness (QED) is 0.911. The Balaban J connectivity index is 2.08. The van der Waals surface area contributed by atoms with E-state index in [0.717, 1.165) is 29.2 Å². The molecule has 1 aromatic heterocycles. The van der Waals surface area contributed by atoms with E-state index in [-0.39, 0.29) is 6.04 Å². The molecule has 0 radical (unpaired) electrons. The number of hydrogen-bond donors (Lipinski definition) is 1. The zero-order valence-corrected chi connectivity index (χ0v) is 12.5. The lowest BCUT2D eigenvalue weighted by atomic mass is 10.1. The van der Waals surface area contributed by atoms with Gasteiger partial charge in [-0.05, 0) is 31.0 Å². The number of thiazole rings is 1. The Morgan fingerprint density at radius 2 is 2.00 bits per heavy atom. The van der Waals surface area contributed by atoms with Crippen LogP contribution in [0, 0.1) is 6.92 Å². The second-order valence-electron chi connectivity index (χ2n) is 4.55. The number of hydrogen-bond acceptors (Lipinski definition) is 4. The van der Waals surface area contributed by atoms with Gasteiger partial charge < -0.3 is 10.5 Å². The summed E-state index contributed by atoms with van der Waals surface area (Å²) < 4.78 is 5.15. The second kappa shape index (κ2) is 6.17. The van der Waals surface area contributed by atoms with E-state index >= 15 is 0 Å². The monoisotopic (exact) mass is 276 g/mol. The predicted octanol–water partition coefficient (Wildman–Crippen LogP) is 3.27. The molecule has 0 fully saturated rings. The van der Waals surface area contributed by atoms with Crippen molar-refractivity contribution in [1.29, 1.82) is 0 Å². The van der Waals surface area contributed by atoms with E-state index in [1.807, 2.05) is 24.3 Å². The van der Waals surface area contributed by atoms with E-state index in [1.165, 1.54) is 10.6 Å². The summed E-state index contributed by atoms with van der Waals surface area (Å²) >= 11 is 1.75. The van der Waals surface area contributed by atoms with Gasteiger partial charge in [0.05, 0.1) is 17.8 Å². The van der Waals surface area contributed by atoms with Crippen LogP contribution < -0.4 is 10.5 Å². The Morgan fingerprint density at radius 3 is 2.53 bits per heavy atom. The fourth-order valence-electron chi connectivity index (χ4n) is 2.06. The molecule has 4 heteroatoms. The molecule has 0 spiro atoms. The maximum Gasteiger partial charge on any atom is 0.118 e. The lowest BCUT2D eigenvalue weighted by Crippen LogP contribution is -2.13. The van der Waals surface area contributed by atoms with Gasteiger partial charge in [-0.2, -0.15) is 0 Å². The molecular weight excluding hydrogens is 256 g/mol. The molecule has 0 saturated heterocycles. The van der Waals surface area contributed by atoms with Crippen LogP contribution in [0.2, 0.25) is 0 Å². The number of aromatic nitrogens is 1. The molecule has 0 aliphatic heterocycles. The van der Waals surface area contributed by atoms with Crippen molar-refractivity contribution in [1.82, 2.24) is 4.98 Å². The normalized spacial score (nSPS) is 12.4. The molecule has 0 amide bonds. The molecule has 0 aliphatic rings. The van der Waals surface area contributed by atoms with Crippen molar-refractivity contribution >= 4 is 11.3 Å². The summed E-state index contributed by atoms with van der Waals surface area (Å²) in [5.74, 6) is 0.856. The molecule has 0 bridgehead atoms. The fraction of sp³-hybridized carbons (Fsp3) is 0.400. The van der Waals surface area contributed by atoms with Crippen LogP contribution in [0.15, 0.2) is 24.3 Å². The smallest absolute Gasteiger partial charge is 0.118 e. The van der Waals surface area contributed by atoms with E-state index in [4.69, 9.17) is 10.5 Å². The van der Waals surface area contributed by atoms with Crippen molar-refractivity contribution in [3.63, 3.8) is 0 Å². The topological polar surface area (TPSA) is 48.1 Å². The SMILES string of the molecule is CCc1nc(CC(N)c2ccc(OC)cc2)sc1C. The van der Waals surface area contributed by atoms with E-state index in [1.54, 1.807) is 18.4 Å². The van der Waals surface area contributed by atoms with E-state index in [9.17, 15) is 0 Å². The van der Waals surface area contributed by atoms with Gasteiger partial charge in [-0.15, -0.1) is 11.3 Å². The highest BCUT2D eigenvalue weighted by molar-refractivity contribution is 7.11. The van der Waals surface area contributed by atoms with Crippen molar-refractivity contribution in [2.24, 2.45) is 5.73 Å². The van der Waals surface area contributed by atoms with E-state index in [2.05, 4.69) is 18.8 Å². The first-order chi connectivity index (χ1) is 9.13. The van der Waals surface area contributed by atoms with Crippen molar-refractivity contribution in [2.45, 2.75) is 32.7 Å². The number of rotatable bonds is 5. The predicted molar refractivity (Wildman–Crippen MR) is 79.9 cm³/mol. The third-order valence-corrected chi connectivity index (χ3v) is 4.25. The largest absolute Gasteiger partial charge is 0.497 e. The lowest BCUT2D eigenvalue weighted by Gasteiger charge is -2.10. The first-order valence-corrected chi connectivity index (χ1v) is 7.30. The third kappa shape index (κ3) is 3.33. The summed E-state index contributed by atoms with van der Waals surface area (Å²) in [6.07, 6.45) is 1.78. The minimum atomic E-state index is -0.0128. The summed E-state index contributed by atoms with van der Waals surface area (Å²) in [6, 6.07) is 7.91. The van der Waals surface area contributed by atoms with Gasteiger partial charge in [0.25, 0.3) is 0 Å². The lowest BCUT2D eigenvalue weighted by molar-refractivity contribution is 0.414. The average Bonchev–Trinajstić information content (AvgIpc) is 2.78. The first kappa shape index (κ1) is 14.0. The maximum absolute atomic E-state index is 6.25. The number of nitrogens with zero attached hydrogens (tertiary/aromatic N) is 1. The Labute approximate surface area is 118 Å². The molecule has 3 nitrogen and oxygen atoms in total. The number of nitrogens with two attached hydrogens (primary N) is 1. The minimum Gasteiger partial charge on any atom is -0.497 e. The van der Waals surface area contributed by atoms with Crippen molar-refractivity contribution in [3.8, 4) is 5.75 Å². The second-order valence-corrected chi connectivity index (χ2v) is 5.84. The summed E-state index contributed by atoms with van der Waals surface area (Å²) in [5.41, 5.74) is 8.56. The van der Waals surface area contributed by atoms with E-state index in [0.29, 0.717) is 0 Å². The number of methoxy groups -OCH3 is 1. The molecule has 2 rings (SSSR count). The van der Waals surface area contributed by atoms with Gasteiger partial charge in [-0.1, -0.05) is 19.1 Å². The Hall–Kier alpha value is -1.39. The van der Waals surface area contributed by atoms with Gasteiger partial charge in [-0.25, -0.2) is 4.98 Å². The van der Waals surface area contributed by atoms with Crippen molar-refractivity contribution < 1.29 is 4.74 Å². The Bertz CT molecular complexity index is 534. The number of benzene rings is 1. The van der Waals surface area contributed by atoms with Crippen molar-refractivity contribution in [2.75, 3.05) is 7.11 Å². The van der Waals surface area contributed by atoms with Crippen LogP contribution in [-0.2, 0) is 12.8 Å². The summed E-state index contributed by atoms with van der Waals surface area (Å²) in [4.78, 5) is 5.95. The van der Waals surface area contributed by atoms with Gasteiger partial charge in [0.15, 0.2) is 0 Å². The van der Waals surface area contributed by atoms with Crippen LogP contribution in [0.4, 0.5) is 0 Å². The number of aryl methyl sites for hydroxylation is 2. The molecular formula is C15H20N2OS.